The number of phenols is 1. The van der Waals surface area contributed by atoms with E-state index in [2.05, 4.69) is 12.6 Å². The molecule has 2 atom stereocenters. The van der Waals surface area contributed by atoms with E-state index in [1.165, 1.54) is 17.0 Å². The number of carbonyl (C=O) groups excluding carboxylic acids is 1. The maximum Gasteiger partial charge on any atom is 0.326 e. The van der Waals surface area contributed by atoms with Crippen LogP contribution in [0.1, 0.15) is 12.0 Å². The SMILES string of the molecule is O=C(O)C(Cc1ccc(O)cc1)N1CC(S)CC1=O. The molecule has 2 unspecified atom stereocenters. The Hall–Kier alpha value is -1.69. The molecule has 0 aliphatic carbocycles. The van der Waals surface area contributed by atoms with Crippen LogP contribution in [0.2, 0.25) is 0 Å². The Morgan fingerprint density at radius 2 is 2.05 bits per heavy atom. The van der Waals surface area contributed by atoms with Crippen molar-refractivity contribution in [3.63, 3.8) is 0 Å². The fourth-order valence-corrected chi connectivity index (χ4v) is 2.53. The average molecular weight is 281 g/mol. The number of carbonyl (C=O) groups is 2. The van der Waals surface area contributed by atoms with Crippen molar-refractivity contribution in [3.8, 4) is 5.75 Å². The van der Waals surface area contributed by atoms with Crippen molar-refractivity contribution in [1.82, 2.24) is 4.90 Å². The summed E-state index contributed by atoms with van der Waals surface area (Å²) in [4.78, 5) is 24.5. The zero-order valence-corrected chi connectivity index (χ0v) is 11.1. The molecule has 1 fully saturated rings. The van der Waals surface area contributed by atoms with Crippen LogP contribution in [0.3, 0.4) is 0 Å². The van der Waals surface area contributed by atoms with Crippen LogP contribution in [0, 0.1) is 0 Å². The Labute approximate surface area is 116 Å². The minimum atomic E-state index is -1.02. The molecule has 0 spiro atoms. The molecular formula is C13H15NO4S. The number of amides is 1. The molecule has 102 valence electrons. The zero-order chi connectivity index (χ0) is 14.0. The molecule has 1 saturated heterocycles. The van der Waals surface area contributed by atoms with E-state index in [1.54, 1.807) is 12.1 Å². The number of benzene rings is 1. The fraction of sp³-hybridized carbons (Fsp3) is 0.385. The molecule has 0 aromatic heterocycles. The predicted octanol–water partition coefficient (Wildman–Crippen LogP) is 0.919. The number of nitrogens with zero attached hydrogens (tertiary/aromatic N) is 1. The summed E-state index contributed by atoms with van der Waals surface area (Å²) in [6, 6.07) is 5.44. The maximum absolute atomic E-state index is 11.7. The van der Waals surface area contributed by atoms with E-state index in [0.29, 0.717) is 6.54 Å². The standard InChI is InChI=1S/C13H15NO4S/c15-9-3-1-8(2-4-9)5-11(13(17)18)14-7-10(19)6-12(14)16/h1-4,10-11,15,19H,5-7H2,(H,17,18). The van der Waals surface area contributed by atoms with Crippen molar-refractivity contribution in [2.45, 2.75) is 24.1 Å². The van der Waals surface area contributed by atoms with Gasteiger partial charge in [-0.1, -0.05) is 12.1 Å². The monoisotopic (exact) mass is 281 g/mol. The van der Waals surface area contributed by atoms with Crippen LogP contribution in [-0.2, 0) is 16.0 Å². The normalized spacial score (nSPS) is 20.6. The van der Waals surface area contributed by atoms with Gasteiger partial charge in [0.1, 0.15) is 11.8 Å². The van der Waals surface area contributed by atoms with E-state index in [-0.39, 0.29) is 29.7 Å². The summed E-state index contributed by atoms with van der Waals surface area (Å²) >= 11 is 4.23. The molecule has 2 rings (SSSR count). The van der Waals surface area contributed by atoms with E-state index >= 15 is 0 Å². The lowest BCUT2D eigenvalue weighted by atomic mass is 10.0. The molecule has 1 aromatic carbocycles. The predicted molar refractivity (Wildman–Crippen MR) is 72.3 cm³/mol. The number of aromatic hydroxyl groups is 1. The minimum absolute atomic E-state index is 0.103. The number of likely N-dealkylation sites (tertiary alicyclic amines) is 1. The van der Waals surface area contributed by atoms with E-state index < -0.39 is 12.0 Å². The zero-order valence-electron chi connectivity index (χ0n) is 10.2. The molecule has 0 radical (unpaired) electrons. The van der Waals surface area contributed by atoms with Gasteiger partial charge in [0.05, 0.1) is 0 Å². The smallest absolute Gasteiger partial charge is 0.326 e. The van der Waals surface area contributed by atoms with Gasteiger partial charge in [0.2, 0.25) is 5.91 Å². The van der Waals surface area contributed by atoms with Crippen molar-refractivity contribution in [2.24, 2.45) is 0 Å². The van der Waals surface area contributed by atoms with Crippen molar-refractivity contribution < 1.29 is 19.8 Å². The van der Waals surface area contributed by atoms with Crippen LogP contribution in [0.5, 0.6) is 5.75 Å². The van der Waals surface area contributed by atoms with Gasteiger partial charge in [0.15, 0.2) is 0 Å². The fourth-order valence-electron chi connectivity index (χ4n) is 2.20. The molecule has 6 heteroatoms. The van der Waals surface area contributed by atoms with Crippen LogP contribution in [0.4, 0.5) is 0 Å². The van der Waals surface area contributed by atoms with E-state index in [1.807, 2.05) is 0 Å². The maximum atomic E-state index is 11.7. The Kier molecular flexibility index (Phi) is 3.99. The number of thiol groups is 1. The number of carboxylic acids is 1. The summed E-state index contributed by atoms with van der Waals surface area (Å²) < 4.78 is 0. The molecule has 1 heterocycles. The van der Waals surface area contributed by atoms with Crippen LogP contribution >= 0.6 is 12.6 Å². The summed E-state index contributed by atoms with van der Waals surface area (Å²) in [6.45, 7) is 0.358. The second-order valence-corrected chi connectivity index (χ2v) is 5.36. The van der Waals surface area contributed by atoms with Gasteiger partial charge in [-0.15, -0.1) is 0 Å². The van der Waals surface area contributed by atoms with Gasteiger partial charge < -0.3 is 15.1 Å². The summed E-state index contributed by atoms with van der Waals surface area (Å²) in [5.41, 5.74) is 0.764. The van der Waals surface area contributed by atoms with Gasteiger partial charge in [-0.25, -0.2) is 4.79 Å². The van der Waals surface area contributed by atoms with Gasteiger partial charge in [-0.05, 0) is 17.7 Å². The molecule has 2 N–H and O–H groups in total. The highest BCUT2D eigenvalue weighted by Crippen LogP contribution is 2.21. The first kappa shape index (κ1) is 13.7. The average Bonchev–Trinajstić information content (AvgIpc) is 2.67. The highest BCUT2D eigenvalue weighted by atomic mass is 32.1. The highest BCUT2D eigenvalue weighted by Gasteiger charge is 2.36. The highest BCUT2D eigenvalue weighted by molar-refractivity contribution is 7.81. The van der Waals surface area contributed by atoms with Crippen molar-refractivity contribution in [1.29, 1.82) is 0 Å². The van der Waals surface area contributed by atoms with Gasteiger partial charge in [-0.3, -0.25) is 4.79 Å². The Bertz CT molecular complexity index is 488. The molecular weight excluding hydrogens is 266 g/mol. The van der Waals surface area contributed by atoms with Gasteiger partial charge in [0, 0.05) is 24.6 Å². The van der Waals surface area contributed by atoms with E-state index in [9.17, 15) is 19.8 Å². The first-order chi connectivity index (χ1) is 8.97. The number of rotatable bonds is 4. The van der Waals surface area contributed by atoms with Gasteiger partial charge >= 0.3 is 5.97 Å². The molecule has 1 aromatic rings. The third kappa shape index (κ3) is 3.20. The summed E-state index contributed by atoms with van der Waals surface area (Å²) in [5, 5.41) is 18.4. The summed E-state index contributed by atoms with van der Waals surface area (Å²) in [6.07, 6.45) is 0.504. The van der Waals surface area contributed by atoms with Gasteiger partial charge in [0.25, 0.3) is 0 Å². The Balaban J connectivity index is 2.15. The number of hydrogen-bond donors (Lipinski definition) is 3. The quantitative estimate of drug-likeness (QED) is 0.717. The lowest BCUT2D eigenvalue weighted by Gasteiger charge is -2.24. The first-order valence-electron chi connectivity index (χ1n) is 5.95. The van der Waals surface area contributed by atoms with Gasteiger partial charge in [-0.2, -0.15) is 12.6 Å². The molecule has 19 heavy (non-hydrogen) atoms. The van der Waals surface area contributed by atoms with Crippen molar-refractivity contribution >= 4 is 24.5 Å². The Morgan fingerprint density at radius 3 is 2.53 bits per heavy atom. The lowest BCUT2D eigenvalue weighted by molar-refractivity contribution is -0.148. The van der Waals surface area contributed by atoms with Crippen LogP contribution in [0.15, 0.2) is 24.3 Å². The number of hydrogen-bond acceptors (Lipinski definition) is 4. The molecule has 0 saturated carbocycles. The van der Waals surface area contributed by atoms with Crippen LogP contribution in [0.25, 0.3) is 0 Å². The van der Waals surface area contributed by atoms with E-state index in [4.69, 9.17) is 0 Å². The number of aliphatic carboxylic acids is 1. The first-order valence-corrected chi connectivity index (χ1v) is 6.47. The molecule has 1 amide bonds. The van der Waals surface area contributed by atoms with Crippen LogP contribution in [-0.4, -0.2) is 44.8 Å². The summed E-state index contributed by atoms with van der Waals surface area (Å²) in [5.74, 6) is -1.07. The molecule has 1 aliphatic heterocycles. The molecule has 0 bridgehead atoms. The third-order valence-corrected chi connectivity index (χ3v) is 3.51. The summed E-state index contributed by atoms with van der Waals surface area (Å²) in [7, 11) is 0. The molecule has 1 aliphatic rings. The largest absolute Gasteiger partial charge is 0.508 e. The topological polar surface area (TPSA) is 77.8 Å². The second kappa shape index (κ2) is 5.52. The van der Waals surface area contributed by atoms with E-state index in [0.717, 1.165) is 5.56 Å². The van der Waals surface area contributed by atoms with Crippen molar-refractivity contribution in [3.05, 3.63) is 29.8 Å². The Morgan fingerprint density at radius 1 is 1.42 bits per heavy atom. The second-order valence-electron chi connectivity index (χ2n) is 4.63. The van der Waals surface area contributed by atoms with Crippen molar-refractivity contribution in [2.75, 3.05) is 6.54 Å². The number of phenolic OH excluding ortho intramolecular Hbond substituents is 1. The lowest BCUT2D eigenvalue weighted by Crippen LogP contribution is -2.43. The van der Waals surface area contributed by atoms with Crippen LogP contribution < -0.4 is 0 Å². The third-order valence-electron chi connectivity index (χ3n) is 3.16. The minimum Gasteiger partial charge on any atom is -0.508 e. The number of carboxylic acid groups (broad SMARTS) is 1. The molecule has 5 nitrogen and oxygen atoms in total.